The average Bonchev–Trinajstić information content (AvgIpc) is 2.81. The number of hydrogen-bond acceptors (Lipinski definition) is 3. The number of H-pyrrole nitrogens is 1. The van der Waals surface area contributed by atoms with Crippen molar-refractivity contribution in [1.82, 2.24) is 14.9 Å². The second-order valence-electron chi connectivity index (χ2n) is 4.98. The number of para-hydroxylation sites is 2. The van der Waals surface area contributed by atoms with Crippen LogP contribution < -0.4 is 5.32 Å². The predicted octanol–water partition coefficient (Wildman–Crippen LogP) is 2.46. The summed E-state index contributed by atoms with van der Waals surface area (Å²) in [6.07, 6.45) is 2.50. The molecule has 2 heterocycles. The number of fused-ring (bicyclic) bond motifs is 1. The van der Waals surface area contributed by atoms with Gasteiger partial charge in [-0.05, 0) is 38.1 Å². The number of imidazole rings is 1. The van der Waals surface area contributed by atoms with Crippen LogP contribution in [0.25, 0.3) is 11.0 Å². The average molecular weight is 244 g/mol. The molecule has 3 rings (SSSR count). The van der Waals surface area contributed by atoms with Gasteiger partial charge in [0, 0.05) is 12.6 Å². The molecule has 0 spiro atoms. The summed E-state index contributed by atoms with van der Waals surface area (Å²) in [6.45, 7) is 5.71. The van der Waals surface area contributed by atoms with Crippen LogP contribution in [0.2, 0.25) is 0 Å². The summed E-state index contributed by atoms with van der Waals surface area (Å²) in [5.74, 6) is 0.902. The van der Waals surface area contributed by atoms with Crippen LogP contribution in [0.4, 0.5) is 5.95 Å². The number of aromatic amines is 1. The summed E-state index contributed by atoms with van der Waals surface area (Å²) in [7, 11) is 0. The minimum absolute atomic E-state index is 0.513. The Morgan fingerprint density at radius 2 is 2.33 bits per heavy atom. The van der Waals surface area contributed by atoms with Gasteiger partial charge in [0.25, 0.3) is 0 Å². The molecule has 1 aromatic heterocycles. The van der Waals surface area contributed by atoms with Crippen LogP contribution in [0.15, 0.2) is 24.3 Å². The number of likely N-dealkylation sites (N-methyl/N-ethyl adjacent to an activating group) is 1. The lowest BCUT2D eigenvalue weighted by atomic mass is 10.1. The Labute approximate surface area is 107 Å². The predicted molar refractivity (Wildman–Crippen MR) is 74.9 cm³/mol. The van der Waals surface area contributed by atoms with E-state index in [-0.39, 0.29) is 0 Å². The Morgan fingerprint density at radius 1 is 1.44 bits per heavy atom. The van der Waals surface area contributed by atoms with E-state index in [1.807, 2.05) is 18.2 Å². The normalized spacial score (nSPS) is 21.3. The van der Waals surface area contributed by atoms with Gasteiger partial charge in [-0.3, -0.25) is 0 Å². The van der Waals surface area contributed by atoms with Crippen molar-refractivity contribution in [3.05, 3.63) is 24.3 Å². The standard InChI is InChI=1S/C14H20N4/c1-2-18-9-5-6-11(10-18)15-14-16-12-7-3-4-8-13(12)17-14/h3-4,7-8,11H,2,5-6,9-10H2,1H3,(H2,15,16,17). The maximum atomic E-state index is 4.57. The van der Waals surface area contributed by atoms with Gasteiger partial charge in [0.15, 0.2) is 0 Å². The van der Waals surface area contributed by atoms with Crippen LogP contribution in [-0.2, 0) is 0 Å². The van der Waals surface area contributed by atoms with Crippen molar-refractivity contribution < 1.29 is 0 Å². The van der Waals surface area contributed by atoms with Gasteiger partial charge < -0.3 is 15.2 Å². The monoisotopic (exact) mass is 244 g/mol. The third kappa shape index (κ3) is 2.34. The Bertz CT molecular complexity index is 486. The van der Waals surface area contributed by atoms with E-state index < -0.39 is 0 Å². The van der Waals surface area contributed by atoms with Crippen LogP contribution in [0, 0.1) is 0 Å². The topological polar surface area (TPSA) is 44.0 Å². The summed E-state index contributed by atoms with van der Waals surface area (Å²) in [4.78, 5) is 10.4. The highest BCUT2D eigenvalue weighted by Crippen LogP contribution is 2.17. The van der Waals surface area contributed by atoms with Gasteiger partial charge >= 0.3 is 0 Å². The van der Waals surface area contributed by atoms with Gasteiger partial charge in [0.1, 0.15) is 0 Å². The second-order valence-corrected chi connectivity index (χ2v) is 4.98. The van der Waals surface area contributed by atoms with Crippen molar-refractivity contribution in [2.75, 3.05) is 25.0 Å². The maximum Gasteiger partial charge on any atom is 0.201 e. The van der Waals surface area contributed by atoms with Crippen molar-refractivity contribution in [1.29, 1.82) is 0 Å². The first kappa shape index (κ1) is 11.5. The van der Waals surface area contributed by atoms with Gasteiger partial charge in [-0.1, -0.05) is 19.1 Å². The van der Waals surface area contributed by atoms with Crippen molar-refractivity contribution in [2.45, 2.75) is 25.8 Å². The van der Waals surface area contributed by atoms with E-state index in [1.165, 1.54) is 19.4 Å². The van der Waals surface area contributed by atoms with Crippen LogP contribution in [0.5, 0.6) is 0 Å². The first-order valence-corrected chi connectivity index (χ1v) is 6.79. The minimum atomic E-state index is 0.513. The molecule has 0 radical (unpaired) electrons. The number of rotatable bonds is 3. The summed E-state index contributed by atoms with van der Waals surface area (Å²) in [5.41, 5.74) is 2.13. The van der Waals surface area contributed by atoms with Crippen molar-refractivity contribution >= 4 is 17.0 Å². The van der Waals surface area contributed by atoms with Crippen LogP contribution >= 0.6 is 0 Å². The Balaban J connectivity index is 1.71. The number of likely N-dealkylation sites (tertiary alicyclic amines) is 1. The third-order valence-electron chi connectivity index (χ3n) is 3.68. The van der Waals surface area contributed by atoms with Crippen molar-refractivity contribution in [2.24, 2.45) is 0 Å². The molecule has 1 saturated heterocycles. The SMILES string of the molecule is CCN1CCCC(Nc2nc3ccccc3[nH]2)C1. The fraction of sp³-hybridized carbons (Fsp3) is 0.500. The highest BCUT2D eigenvalue weighted by atomic mass is 15.2. The Kier molecular flexibility index (Phi) is 3.19. The summed E-state index contributed by atoms with van der Waals surface area (Å²) < 4.78 is 0. The van der Waals surface area contributed by atoms with Gasteiger partial charge in [-0.2, -0.15) is 0 Å². The van der Waals surface area contributed by atoms with Crippen LogP contribution in [0.3, 0.4) is 0 Å². The lowest BCUT2D eigenvalue weighted by Crippen LogP contribution is -2.42. The lowest BCUT2D eigenvalue weighted by molar-refractivity contribution is 0.226. The summed E-state index contributed by atoms with van der Waals surface area (Å²) >= 11 is 0. The number of benzene rings is 1. The molecule has 0 bridgehead atoms. The number of hydrogen-bond donors (Lipinski definition) is 2. The van der Waals surface area contributed by atoms with E-state index in [0.717, 1.165) is 30.1 Å². The second kappa shape index (κ2) is 4.98. The number of nitrogens with one attached hydrogen (secondary N) is 2. The molecule has 1 atom stereocenters. The van der Waals surface area contributed by atoms with Gasteiger partial charge in [0.2, 0.25) is 5.95 Å². The fourth-order valence-corrected chi connectivity index (χ4v) is 2.68. The largest absolute Gasteiger partial charge is 0.352 e. The first-order valence-electron chi connectivity index (χ1n) is 6.79. The van der Waals surface area contributed by atoms with E-state index in [0.29, 0.717) is 6.04 Å². The Hall–Kier alpha value is -1.55. The Morgan fingerprint density at radius 3 is 3.17 bits per heavy atom. The molecule has 18 heavy (non-hydrogen) atoms. The van der Waals surface area contributed by atoms with E-state index in [4.69, 9.17) is 0 Å². The van der Waals surface area contributed by atoms with Gasteiger partial charge in [-0.15, -0.1) is 0 Å². The lowest BCUT2D eigenvalue weighted by Gasteiger charge is -2.32. The highest BCUT2D eigenvalue weighted by Gasteiger charge is 2.19. The van der Waals surface area contributed by atoms with E-state index in [9.17, 15) is 0 Å². The first-order chi connectivity index (χ1) is 8.85. The molecule has 0 aliphatic carbocycles. The number of aromatic nitrogens is 2. The molecule has 4 nitrogen and oxygen atoms in total. The molecule has 0 saturated carbocycles. The molecule has 4 heteroatoms. The molecular formula is C14H20N4. The molecule has 1 aliphatic heterocycles. The molecule has 1 unspecified atom stereocenters. The van der Waals surface area contributed by atoms with Gasteiger partial charge in [-0.25, -0.2) is 4.98 Å². The molecule has 2 N–H and O–H groups in total. The highest BCUT2D eigenvalue weighted by molar-refractivity contribution is 5.77. The number of anilines is 1. The summed E-state index contributed by atoms with van der Waals surface area (Å²) in [5, 5.41) is 3.53. The fourth-order valence-electron chi connectivity index (χ4n) is 2.68. The van der Waals surface area contributed by atoms with E-state index >= 15 is 0 Å². The molecular weight excluding hydrogens is 224 g/mol. The maximum absolute atomic E-state index is 4.57. The van der Waals surface area contributed by atoms with Crippen LogP contribution in [-0.4, -0.2) is 40.5 Å². The van der Waals surface area contributed by atoms with Crippen molar-refractivity contribution in [3.63, 3.8) is 0 Å². The zero-order chi connectivity index (χ0) is 12.4. The molecule has 1 aliphatic rings. The molecule has 96 valence electrons. The zero-order valence-corrected chi connectivity index (χ0v) is 10.8. The smallest absolute Gasteiger partial charge is 0.201 e. The van der Waals surface area contributed by atoms with Crippen LogP contribution in [0.1, 0.15) is 19.8 Å². The number of piperidine rings is 1. The van der Waals surface area contributed by atoms with Crippen molar-refractivity contribution in [3.8, 4) is 0 Å². The quantitative estimate of drug-likeness (QED) is 0.871. The summed E-state index contributed by atoms with van der Waals surface area (Å²) in [6, 6.07) is 8.67. The number of nitrogens with zero attached hydrogens (tertiary/aromatic N) is 2. The minimum Gasteiger partial charge on any atom is -0.352 e. The van der Waals surface area contributed by atoms with E-state index in [1.54, 1.807) is 0 Å². The molecule has 2 aromatic rings. The third-order valence-corrected chi connectivity index (χ3v) is 3.68. The molecule has 0 amide bonds. The molecule has 1 fully saturated rings. The van der Waals surface area contributed by atoms with E-state index in [2.05, 4.69) is 33.2 Å². The zero-order valence-electron chi connectivity index (χ0n) is 10.8. The van der Waals surface area contributed by atoms with Gasteiger partial charge in [0.05, 0.1) is 11.0 Å². The molecule has 1 aromatic carbocycles.